The zero-order chi connectivity index (χ0) is 6.81. The molecule has 0 radical (unpaired) electrons. The summed E-state index contributed by atoms with van der Waals surface area (Å²) in [5.41, 5.74) is 0. The molecule has 2 saturated heterocycles. The van der Waals surface area contributed by atoms with E-state index in [2.05, 4.69) is 0 Å². The Labute approximate surface area is 61.5 Å². The predicted molar refractivity (Wildman–Crippen MR) is 37.9 cm³/mol. The van der Waals surface area contributed by atoms with Crippen LogP contribution in [0.1, 0.15) is 19.3 Å². The minimum absolute atomic E-state index is 0.587. The molecule has 0 bridgehead atoms. The molecule has 2 fully saturated rings. The Balaban J connectivity index is 1.83. The van der Waals surface area contributed by atoms with E-state index in [1.807, 2.05) is 0 Å². The van der Waals surface area contributed by atoms with E-state index in [-0.39, 0.29) is 0 Å². The topological polar surface area (TPSA) is 18.5 Å². The molecule has 0 N–H and O–H groups in total. The fraction of sp³-hybridized carbons (Fsp3) is 1.00. The number of rotatable bonds is 0. The van der Waals surface area contributed by atoms with Gasteiger partial charge < -0.3 is 9.47 Å². The third kappa shape index (κ3) is 1.18. The molecule has 0 amide bonds. The molecule has 0 spiro atoms. The van der Waals surface area contributed by atoms with Gasteiger partial charge in [-0.05, 0) is 19.3 Å². The smallest absolute Gasteiger partial charge is 0.0627 e. The Bertz CT molecular complexity index is 99.8. The van der Waals surface area contributed by atoms with Gasteiger partial charge in [0.25, 0.3) is 0 Å². The maximum Gasteiger partial charge on any atom is 0.0627 e. The molecule has 2 aliphatic heterocycles. The van der Waals surface area contributed by atoms with Crippen LogP contribution in [-0.4, -0.2) is 25.9 Å². The molecule has 0 aromatic heterocycles. The third-order valence-corrected chi connectivity index (χ3v) is 2.46. The van der Waals surface area contributed by atoms with E-state index in [0.717, 1.165) is 25.7 Å². The van der Waals surface area contributed by atoms with Crippen molar-refractivity contribution < 1.29 is 9.47 Å². The van der Waals surface area contributed by atoms with Crippen LogP contribution in [0, 0.1) is 5.92 Å². The summed E-state index contributed by atoms with van der Waals surface area (Å²) in [5.74, 6) is 0.820. The van der Waals surface area contributed by atoms with Gasteiger partial charge in [-0.25, -0.2) is 0 Å². The number of hydrogen-bond donors (Lipinski definition) is 0. The van der Waals surface area contributed by atoms with E-state index >= 15 is 0 Å². The minimum Gasteiger partial charge on any atom is -0.381 e. The number of ether oxygens (including phenoxy) is 2. The van der Waals surface area contributed by atoms with E-state index in [1.54, 1.807) is 0 Å². The predicted octanol–water partition coefficient (Wildman–Crippen LogP) is 1.20. The van der Waals surface area contributed by atoms with E-state index in [4.69, 9.17) is 9.47 Å². The van der Waals surface area contributed by atoms with Crippen molar-refractivity contribution in [2.75, 3.05) is 19.8 Å². The lowest BCUT2D eigenvalue weighted by Gasteiger charge is -2.38. The van der Waals surface area contributed by atoms with Crippen LogP contribution in [0.4, 0.5) is 0 Å². The first-order valence-electron chi connectivity index (χ1n) is 4.16. The van der Waals surface area contributed by atoms with Gasteiger partial charge in [-0.2, -0.15) is 0 Å². The molecule has 2 atom stereocenters. The van der Waals surface area contributed by atoms with Crippen LogP contribution in [0.2, 0.25) is 0 Å². The molecular formula is C8H14O2. The first-order chi connectivity index (χ1) is 4.97. The van der Waals surface area contributed by atoms with Gasteiger partial charge in [0.2, 0.25) is 0 Å². The Hall–Kier alpha value is -0.0800. The summed E-state index contributed by atoms with van der Waals surface area (Å²) >= 11 is 0. The van der Waals surface area contributed by atoms with Crippen molar-refractivity contribution in [3.05, 3.63) is 0 Å². The molecule has 2 heterocycles. The molecule has 0 saturated carbocycles. The monoisotopic (exact) mass is 142 g/mol. The van der Waals surface area contributed by atoms with Crippen molar-refractivity contribution in [1.82, 2.24) is 0 Å². The minimum atomic E-state index is 0.587. The zero-order valence-electron chi connectivity index (χ0n) is 6.21. The summed E-state index contributed by atoms with van der Waals surface area (Å²) in [6, 6.07) is 0. The van der Waals surface area contributed by atoms with Gasteiger partial charge in [0.1, 0.15) is 0 Å². The molecule has 10 heavy (non-hydrogen) atoms. The molecule has 2 heteroatoms. The summed E-state index contributed by atoms with van der Waals surface area (Å²) in [7, 11) is 0. The Kier molecular flexibility index (Phi) is 1.91. The highest BCUT2D eigenvalue weighted by molar-refractivity contribution is 4.79. The Morgan fingerprint density at radius 2 is 2.10 bits per heavy atom. The third-order valence-electron chi connectivity index (χ3n) is 2.46. The highest BCUT2D eigenvalue weighted by Gasteiger charge is 2.31. The van der Waals surface area contributed by atoms with E-state index in [9.17, 15) is 0 Å². The summed E-state index contributed by atoms with van der Waals surface area (Å²) in [4.78, 5) is 0. The zero-order valence-corrected chi connectivity index (χ0v) is 6.21. The fourth-order valence-corrected chi connectivity index (χ4v) is 1.68. The van der Waals surface area contributed by atoms with Gasteiger partial charge in [-0.1, -0.05) is 0 Å². The highest BCUT2D eigenvalue weighted by atomic mass is 16.5. The highest BCUT2D eigenvalue weighted by Crippen LogP contribution is 2.28. The van der Waals surface area contributed by atoms with Gasteiger partial charge in [0, 0.05) is 19.1 Å². The van der Waals surface area contributed by atoms with Crippen molar-refractivity contribution in [2.24, 2.45) is 5.92 Å². The lowest BCUT2D eigenvalue weighted by Crippen LogP contribution is -2.41. The van der Waals surface area contributed by atoms with E-state index < -0.39 is 0 Å². The maximum absolute atomic E-state index is 5.41. The Morgan fingerprint density at radius 1 is 1.10 bits per heavy atom. The van der Waals surface area contributed by atoms with Crippen molar-refractivity contribution >= 4 is 0 Å². The van der Waals surface area contributed by atoms with Crippen LogP contribution >= 0.6 is 0 Å². The van der Waals surface area contributed by atoms with Gasteiger partial charge in [0.05, 0.1) is 12.7 Å². The molecule has 2 nitrogen and oxygen atoms in total. The van der Waals surface area contributed by atoms with Crippen LogP contribution in [0.3, 0.4) is 0 Å². The standard InChI is InChI=1S/C8H14O2/c1-2-8-7(6-10-8)3-5-9-4-1/h7-8H,1-6H2. The number of fused-ring (bicyclic) bond motifs is 1. The van der Waals surface area contributed by atoms with E-state index in [1.165, 1.54) is 19.3 Å². The molecule has 58 valence electrons. The molecule has 2 rings (SSSR count). The lowest BCUT2D eigenvalue weighted by molar-refractivity contribution is -0.136. The first kappa shape index (κ1) is 6.62. The van der Waals surface area contributed by atoms with Crippen LogP contribution in [0.15, 0.2) is 0 Å². The maximum atomic E-state index is 5.41. The van der Waals surface area contributed by atoms with Gasteiger partial charge in [0.15, 0.2) is 0 Å². The quantitative estimate of drug-likeness (QED) is 0.506. The second-order valence-corrected chi connectivity index (χ2v) is 3.18. The van der Waals surface area contributed by atoms with Gasteiger partial charge in [-0.15, -0.1) is 0 Å². The van der Waals surface area contributed by atoms with Crippen LogP contribution < -0.4 is 0 Å². The Morgan fingerprint density at radius 3 is 2.90 bits per heavy atom. The molecular weight excluding hydrogens is 128 g/mol. The lowest BCUT2D eigenvalue weighted by atomic mass is 9.91. The van der Waals surface area contributed by atoms with Crippen LogP contribution in [0.25, 0.3) is 0 Å². The van der Waals surface area contributed by atoms with Crippen molar-refractivity contribution in [3.63, 3.8) is 0 Å². The fourth-order valence-electron chi connectivity index (χ4n) is 1.68. The molecule has 2 aliphatic rings. The summed E-state index contributed by atoms with van der Waals surface area (Å²) in [5, 5.41) is 0. The molecule has 0 aromatic carbocycles. The molecule has 0 aromatic rings. The second kappa shape index (κ2) is 2.89. The van der Waals surface area contributed by atoms with Crippen LogP contribution in [0.5, 0.6) is 0 Å². The normalized spacial score (nSPS) is 40.8. The van der Waals surface area contributed by atoms with E-state index in [0.29, 0.717) is 6.10 Å². The van der Waals surface area contributed by atoms with Gasteiger partial charge in [-0.3, -0.25) is 0 Å². The molecule has 0 aliphatic carbocycles. The van der Waals surface area contributed by atoms with Crippen LogP contribution in [-0.2, 0) is 9.47 Å². The largest absolute Gasteiger partial charge is 0.381 e. The number of hydrogen-bond acceptors (Lipinski definition) is 2. The summed E-state index contributed by atoms with van der Waals surface area (Å²) < 4.78 is 10.8. The second-order valence-electron chi connectivity index (χ2n) is 3.18. The van der Waals surface area contributed by atoms with Crippen molar-refractivity contribution in [2.45, 2.75) is 25.4 Å². The summed E-state index contributed by atoms with van der Waals surface area (Å²) in [6.45, 7) is 2.87. The average molecular weight is 142 g/mol. The summed E-state index contributed by atoms with van der Waals surface area (Å²) in [6.07, 6.45) is 4.19. The van der Waals surface area contributed by atoms with Gasteiger partial charge >= 0.3 is 0 Å². The first-order valence-corrected chi connectivity index (χ1v) is 4.16. The van der Waals surface area contributed by atoms with Crippen molar-refractivity contribution in [1.29, 1.82) is 0 Å². The SMILES string of the molecule is C1COCCC2COC2C1. The molecule has 2 unspecified atom stereocenters. The van der Waals surface area contributed by atoms with Crippen molar-refractivity contribution in [3.8, 4) is 0 Å². The average Bonchev–Trinajstić information content (AvgIpc) is 1.89.